The summed E-state index contributed by atoms with van der Waals surface area (Å²) in [6.45, 7) is 3.06. The standard InChI is InChI=1S/C7H13N2O2/c1-8-6-7(10)9-2-4-11-5-3-9/h2-6H2,1H3/q-1. The van der Waals surface area contributed by atoms with E-state index in [1.165, 1.54) is 0 Å². The molecule has 0 aromatic heterocycles. The fourth-order valence-electron chi connectivity index (χ4n) is 1.05. The number of morpholine rings is 1. The van der Waals surface area contributed by atoms with Crippen LogP contribution in [0.25, 0.3) is 5.32 Å². The number of likely N-dealkylation sites (N-methyl/N-ethyl adjacent to an activating group) is 1. The number of carbonyl (C=O) groups is 1. The van der Waals surface area contributed by atoms with Gasteiger partial charge in [-0.05, 0) is 0 Å². The molecule has 11 heavy (non-hydrogen) atoms. The first-order valence-electron chi connectivity index (χ1n) is 3.75. The lowest BCUT2D eigenvalue weighted by atomic mass is 10.4. The molecule has 0 spiro atoms. The molecule has 1 rings (SSSR count). The predicted molar refractivity (Wildman–Crippen MR) is 41.5 cm³/mol. The lowest BCUT2D eigenvalue weighted by molar-refractivity contribution is -0.133. The van der Waals surface area contributed by atoms with Gasteiger partial charge in [-0.3, -0.25) is 4.79 Å². The highest BCUT2D eigenvalue weighted by molar-refractivity contribution is 5.80. The molecule has 1 aliphatic heterocycles. The van der Waals surface area contributed by atoms with E-state index in [-0.39, 0.29) is 5.91 Å². The third-order valence-corrected chi connectivity index (χ3v) is 1.66. The number of nitrogens with zero attached hydrogens (tertiary/aromatic N) is 2. The molecule has 1 fully saturated rings. The van der Waals surface area contributed by atoms with Gasteiger partial charge in [0.1, 0.15) is 0 Å². The quantitative estimate of drug-likeness (QED) is 0.559. The molecule has 0 atom stereocenters. The summed E-state index contributed by atoms with van der Waals surface area (Å²) >= 11 is 0. The molecule has 1 amide bonds. The van der Waals surface area contributed by atoms with Gasteiger partial charge in [-0.25, -0.2) is 0 Å². The Hall–Kier alpha value is -0.610. The van der Waals surface area contributed by atoms with Crippen LogP contribution in [-0.4, -0.2) is 50.7 Å². The van der Waals surface area contributed by atoms with Gasteiger partial charge < -0.3 is 15.0 Å². The molecule has 1 aliphatic rings. The van der Waals surface area contributed by atoms with Crippen LogP contribution in [0.5, 0.6) is 0 Å². The van der Waals surface area contributed by atoms with E-state index in [1.54, 1.807) is 11.9 Å². The molecule has 0 unspecified atom stereocenters. The number of amides is 1. The second kappa shape index (κ2) is 4.31. The first-order chi connectivity index (χ1) is 5.34. The molecule has 0 aromatic carbocycles. The number of ether oxygens (including phenoxy) is 1. The van der Waals surface area contributed by atoms with E-state index < -0.39 is 0 Å². The Bertz CT molecular complexity index is 132. The highest BCUT2D eigenvalue weighted by atomic mass is 16.5. The number of hydrogen-bond acceptors (Lipinski definition) is 2. The van der Waals surface area contributed by atoms with Crippen molar-refractivity contribution >= 4 is 5.91 Å². The molecule has 1 heterocycles. The van der Waals surface area contributed by atoms with Gasteiger partial charge in [-0.1, -0.05) is 6.54 Å². The minimum Gasteiger partial charge on any atom is -0.657 e. The van der Waals surface area contributed by atoms with Crippen LogP contribution in [0.3, 0.4) is 0 Å². The molecule has 0 aromatic rings. The second-order valence-corrected chi connectivity index (χ2v) is 2.47. The van der Waals surface area contributed by atoms with E-state index >= 15 is 0 Å². The summed E-state index contributed by atoms with van der Waals surface area (Å²) in [6, 6.07) is 0. The topological polar surface area (TPSA) is 43.6 Å². The lowest BCUT2D eigenvalue weighted by Gasteiger charge is -2.28. The molecule has 64 valence electrons. The Morgan fingerprint density at radius 2 is 2.18 bits per heavy atom. The minimum absolute atomic E-state index is 0.107. The SMILES string of the molecule is C[N-]CC(=O)N1CCOCC1. The van der Waals surface area contributed by atoms with Crippen molar-refractivity contribution in [2.24, 2.45) is 0 Å². The van der Waals surface area contributed by atoms with E-state index in [4.69, 9.17) is 4.74 Å². The van der Waals surface area contributed by atoms with Crippen molar-refractivity contribution in [1.82, 2.24) is 4.90 Å². The van der Waals surface area contributed by atoms with Gasteiger partial charge in [0.2, 0.25) is 5.91 Å². The van der Waals surface area contributed by atoms with Crippen LogP contribution >= 0.6 is 0 Å². The van der Waals surface area contributed by atoms with Gasteiger partial charge in [-0.2, -0.15) is 7.05 Å². The monoisotopic (exact) mass is 157 g/mol. The molecule has 0 N–H and O–H groups in total. The molecule has 0 aliphatic carbocycles. The third-order valence-electron chi connectivity index (χ3n) is 1.66. The summed E-state index contributed by atoms with van der Waals surface area (Å²) in [7, 11) is 1.65. The second-order valence-electron chi connectivity index (χ2n) is 2.47. The van der Waals surface area contributed by atoms with Crippen molar-refractivity contribution in [2.75, 3.05) is 39.9 Å². The maximum Gasteiger partial charge on any atom is 0.202 e. The highest BCUT2D eigenvalue weighted by Crippen LogP contribution is 1.98. The molecule has 4 nitrogen and oxygen atoms in total. The van der Waals surface area contributed by atoms with Crippen LogP contribution in [0, 0.1) is 0 Å². The van der Waals surface area contributed by atoms with Gasteiger partial charge in [0.25, 0.3) is 0 Å². The lowest BCUT2D eigenvalue weighted by Crippen LogP contribution is -2.41. The predicted octanol–water partition coefficient (Wildman–Crippen LogP) is -0.151. The summed E-state index contributed by atoms with van der Waals surface area (Å²) in [6.07, 6.45) is 0. The van der Waals surface area contributed by atoms with Crippen LogP contribution in [0.15, 0.2) is 0 Å². The summed E-state index contributed by atoms with van der Waals surface area (Å²) < 4.78 is 5.10. The summed E-state index contributed by atoms with van der Waals surface area (Å²) in [5, 5.41) is 3.78. The van der Waals surface area contributed by atoms with Crippen LogP contribution in [0.2, 0.25) is 0 Å². The molecule has 0 saturated carbocycles. The average molecular weight is 157 g/mol. The summed E-state index contributed by atoms with van der Waals surface area (Å²) in [4.78, 5) is 13.0. The van der Waals surface area contributed by atoms with Crippen molar-refractivity contribution in [3.63, 3.8) is 0 Å². The molecule has 1 saturated heterocycles. The van der Waals surface area contributed by atoms with Gasteiger partial charge >= 0.3 is 0 Å². The minimum atomic E-state index is 0.107. The van der Waals surface area contributed by atoms with Gasteiger partial charge in [-0.15, -0.1) is 0 Å². The summed E-state index contributed by atoms with van der Waals surface area (Å²) in [5.41, 5.74) is 0. The molecular weight excluding hydrogens is 144 g/mol. The van der Waals surface area contributed by atoms with E-state index in [1.807, 2.05) is 0 Å². The zero-order valence-corrected chi connectivity index (χ0v) is 6.75. The number of hydrogen-bond donors (Lipinski definition) is 0. The Morgan fingerprint density at radius 3 is 2.73 bits per heavy atom. The Balaban J connectivity index is 2.27. The van der Waals surface area contributed by atoms with E-state index in [9.17, 15) is 4.79 Å². The zero-order valence-electron chi connectivity index (χ0n) is 6.75. The van der Waals surface area contributed by atoms with E-state index in [2.05, 4.69) is 5.32 Å². The molecule has 4 heteroatoms. The first kappa shape index (κ1) is 8.49. The van der Waals surface area contributed by atoms with Crippen molar-refractivity contribution in [3.8, 4) is 0 Å². The number of rotatable bonds is 2. The van der Waals surface area contributed by atoms with Crippen LogP contribution in [-0.2, 0) is 9.53 Å². The first-order valence-corrected chi connectivity index (χ1v) is 3.75. The Kier molecular flexibility index (Phi) is 3.32. The fourth-order valence-corrected chi connectivity index (χ4v) is 1.05. The Morgan fingerprint density at radius 1 is 1.55 bits per heavy atom. The largest absolute Gasteiger partial charge is 0.657 e. The fraction of sp³-hybridized carbons (Fsp3) is 0.857. The highest BCUT2D eigenvalue weighted by Gasteiger charge is 2.12. The molecular formula is C7H13N2O2-. The van der Waals surface area contributed by atoms with Crippen LogP contribution < -0.4 is 0 Å². The van der Waals surface area contributed by atoms with Crippen LogP contribution in [0.4, 0.5) is 0 Å². The van der Waals surface area contributed by atoms with Crippen molar-refractivity contribution in [3.05, 3.63) is 5.32 Å². The normalized spacial score (nSPS) is 18.5. The van der Waals surface area contributed by atoms with E-state index in [0.717, 1.165) is 0 Å². The maximum atomic E-state index is 11.2. The third kappa shape index (κ3) is 2.48. The molecule has 0 bridgehead atoms. The van der Waals surface area contributed by atoms with E-state index in [0.29, 0.717) is 32.8 Å². The van der Waals surface area contributed by atoms with Crippen molar-refractivity contribution < 1.29 is 9.53 Å². The summed E-state index contributed by atoms with van der Waals surface area (Å²) in [5.74, 6) is 0.107. The van der Waals surface area contributed by atoms with Crippen molar-refractivity contribution in [2.45, 2.75) is 0 Å². The van der Waals surface area contributed by atoms with Gasteiger partial charge in [0.05, 0.1) is 13.2 Å². The smallest absolute Gasteiger partial charge is 0.202 e. The average Bonchev–Trinajstić information content (AvgIpc) is 2.07. The zero-order chi connectivity index (χ0) is 8.10. The molecule has 0 radical (unpaired) electrons. The maximum absolute atomic E-state index is 11.2. The van der Waals surface area contributed by atoms with Gasteiger partial charge in [0.15, 0.2) is 0 Å². The van der Waals surface area contributed by atoms with Gasteiger partial charge in [0, 0.05) is 13.1 Å². The number of carbonyl (C=O) groups excluding carboxylic acids is 1. The van der Waals surface area contributed by atoms with Crippen LogP contribution in [0.1, 0.15) is 0 Å². The Labute approximate surface area is 66.5 Å². The van der Waals surface area contributed by atoms with Crippen molar-refractivity contribution in [1.29, 1.82) is 0 Å².